The maximum Gasteiger partial charge on any atom is 0.414 e. The Morgan fingerprint density at radius 1 is 1.44 bits per heavy atom. The lowest BCUT2D eigenvalue weighted by Gasteiger charge is -2.25. The van der Waals surface area contributed by atoms with Crippen LogP contribution in [0.4, 0.5) is 10.5 Å². The van der Waals surface area contributed by atoms with Gasteiger partial charge in [0.2, 0.25) is 0 Å². The number of ether oxygens (including phenoxy) is 1. The fourth-order valence-electron chi connectivity index (χ4n) is 2.71. The summed E-state index contributed by atoms with van der Waals surface area (Å²) < 4.78 is 5.20. The van der Waals surface area contributed by atoms with Gasteiger partial charge in [0.25, 0.3) is 0 Å². The molecule has 0 saturated carbocycles. The number of amides is 1. The molecule has 0 radical (unpaired) electrons. The van der Waals surface area contributed by atoms with Crippen molar-refractivity contribution in [3.05, 3.63) is 29.3 Å². The average molecular weight is 267 g/mol. The van der Waals surface area contributed by atoms with Crippen LogP contribution in [0.15, 0.2) is 24.3 Å². The molecular formula is C13H15ClN2O2. The first-order chi connectivity index (χ1) is 8.75. The lowest BCUT2D eigenvalue weighted by Crippen LogP contribution is -2.40. The average Bonchev–Trinajstić information content (AvgIpc) is 2.97. The standard InChI is InChI=1S/C13H15ClN2O2/c14-10-2-1-3-11(6-10)16-12(8-18-13(16)17)9-4-5-15-7-9/h1-3,6,9,12,15H,4-5,7-8H2. The first kappa shape index (κ1) is 11.8. The second kappa shape index (κ2) is 4.78. The molecule has 0 aliphatic carbocycles. The quantitative estimate of drug-likeness (QED) is 0.893. The van der Waals surface area contributed by atoms with Crippen LogP contribution in [-0.2, 0) is 4.74 Å². The molecule has 0 bridgehead atoms. The highest BCUT2D eigenvalue weighted by Gasteiger charge is 2.40. The third-order valence-electron chi connectivity index (χ3n) is 3.63. The number of nitrogens with zero attached hydrogens (tertiary/aromatic N) is 1. The van der Waals surface area contributed by atoms with Crippen molar-refractivity contribution in [1.29, 1.82) is 0 Å². The Bertz CT molecular complexity index is 460. The summed E-state index contributed by atoms with van der Waals surface area (Å²) in [6.07, 6.45) is 0.812. The molecule has 2 heterocycles. The highest BCUT2D eigenvalue weighted by Crippen LogP contribution is 2.30. The summed E-state index contributed by atoms with van der Waals surface area (Å²) in [6, 6.07) is 7.48. The van der Waals surface area contributed by atoms with Crippen LogP contribution >= 0.6 is 11.6 Å². The van der Waals surface area contributed by atoms with Crippen LogP contribution in [0.25, 0.3) is 0 Å². The molecule has 1 amide bonds. The van der Waals surface area contributed by atoms with Crippen LogP contribution in [0, 0.1) is 5.92 Å². The maximum absolute atomic E-state index is 11.9. The van der Waals surface area contributed by atoms with Crippen LogP contribution in [0.1, 0.15) is 6.42 Å². The van der Waals surface area contributed by atoms with E-state index in [1.807, 2.05) is 18.2 Å². The molecule has 1 aromatic rings. The molecule has 0 spiro atoms. The third kappa shape index (κ3) is 2.06. The molecule has 3 rings (SSSR count). The van der Waals surface area contributed by atoms with Gasteiger partial charge in [-0.1, -0.05) is 17.7 Å². The van der Waals surface area contributed by atoms with Crippen molar-refractivity contribution < 1.29 is 9.53 Å². The Kier molecular flexibility index (Phi) is 3.14. The second-order valence-electron chi connectivity index (χ2n) is 4.75. The van der Waals surface area contributed by atoms with E-state index in [4.69, 9.17) is 16.3 Å². The summed E-state index contributed by atoms with van der Waals surface area (Å²) in [7, 11) is 0. The molecule has 0 aromatic heterocycles. The van der Waals surface area contributed by atoms with Gasteiger partial charge < -0.3 is 10.1 Å². The fourth-order valence-corrected chi connectivity index (χ4v) is 2.90. The summed E-state index contributed by atoms with van der Waals surface area (Å²) in [5.74, 6) is 0.454. The predicted molar refractivity (Wildman–Crippen MR) is 70.0 cm³/mol. The van der Waals surface area contributed by atoms with E-state index in [2.05, 4.69) is 5.32 Å². The van der Waals surface area contributed by atoms with Gasteiger partial charge in [0.05, 0.1) is 6.04 Å². The number of carbonyl (C=O) groups excluding carboxylic acids is 1. The van der Waals surface area contributed by atoms with Crippen molar-refractivity contribution in [1.82, 2.24) is 5.32 Å². The Morgan fingerprint density at radius 2 is 2.33 bits per heavy atom. The fraction of sp³-hybridized carbons (Fsp3) is 0.462. The van der Waals surface area contributed by atoms with Gasteiger partial charge in [-0.15, -0.1) is 0 Å². The number of cyclic esters (lactones) is 1. The van der Waals surface area contributed by atoms with Gasteiger partial charge in [-0.05, 0) is 37.1 Å². The summed E-state index contributed by atoms with van der Waals surface area (Å²) in [5, 5.41) is 3.96. The van der Waals surface area contributed by atoms with E-state index < -0.39 is 0 Å². The van der Waals surface area contributed by atoms with Gasteiger partial charge in [-0.2, -0.15) is 0 Å². The summed E-state index contributed by atoms with van der Waals surface area (Å²) in [5.41, 5.74) is 0.821. The van der Waals surface area contributed by atoms with Crippen molar-refractivity contribution in [2.24, 2.45) is 5.92 Å². The van der Waals surface area contributed by atoms with E-state index in [9.17, 15) is 4.79 Å². The van der Waals surface area contributed by atoms with Gasteiger partial charge in [0.15, 0.2) is 0 Å². The molecule has 18 heavy (non-hydrogen) atoms. The first-order valence-electron chi connectivity index (χ1n) is 6.18. The molecule has 2 aliphatic heterocycles. The van der Waals surface area contributed by atoms with Crippen molar-refractivity contribution in [2.45, 2.75) is 12.5 Å². The van der Waals surface area contributed by atoms with Crippen LogP contribution in [0.2, 0.25) is 5.02 Å². The van der Waals surface area contributed by atoms with E-state index >= 15 is 0 Å². The molecule has 1 aromatic carbocycles. The second-order valence-corrected chi connectivity index (χ2v) is 5.18. The van der Waals surface area contributed by atoms with E-state index in [1.165, 1.54) is 0 Å². The van der Waals surface area contributed by atoms with Crippen LogP contribution < -0.4 is 10.2 Å². The number of hydrogen-bond donors (Lipinski definition) is 1. The largest absolute Gasteiger partial charge is 0.447 e. The molecule has 2 atom stereocenters. The molecule has 2 fully saturated rings. The van der Waals surface area contributed by atoms with Crippen molar-refractivity contribution in [3.63, 3.8) is 0 Å². The number of hydrogen-bond acceptors (Lipinski definition) is 3. The lowest BCUT2D eigenvalue weighted by atomic mass is 9.98. The normalized spacial score (nSPS) is 27.6. The van der Waals surface area contributed by atoms with E-state index in [-0.39, 0.29) is 12.1 Å². The Labute approximate surface area is 111 Å². The number of rotatable bonds is 2. The zero-order valence-electron chi connectivity index (χ0n) is 9.93. The SMILES string of the molecule is O=C1OCC(C2CCNC2)N1c1cccc(Cl)c1. The monoisotopic (exact) mass is 266 g/mol. The van der Waals surface area contributed by atoms with Gasteiger partial charge in [-0.25, -0.2) is 4.79 Å². The topological polar surface area (TPSA) is 41.6 Å². The molecular weight excluding hydrogens is 252 g/mol. The van der Waals surface area contributed by atoms with Gasteiger partial charge in [-0.3, -0.25) is 4.90 Å². The number of halogens is 1. The number of nitrogens with one attached hydrogen (secondary N) is 1. The summed E-state index contributed by atoms with van der Waals surface area (Å²) in [4.78, 5) is 13.6. The van der Waals surface area contributed by atoms with Gasteiger partial charge in [0.1, 0.15) is 6.61 Å². The Balaban J connectivity index is 1.89. The number of benzene rings is 1. The van der Waals surface area contributed by atoms with E-state index in [1.54, 1.807) is 11.0 Å². The highest BCUT2D eigenvalue weighted by molar-refractivity contribution is 6.30. The van der Waals surface area contributed by atoms with Crippen molar-refractivity contribution >= 4 is 23.4 Å². The maximum atomic E-state index is 11.9. The van der Waals surface area contributed by atoms with Crippen molar-refractivity contribution in [2.75, 3.05) is 24.6 Å². The first-order valence-corrected chi connectivity index (χ1v) is 6.56. The smallest absolute Gasteiger partial charge is 0.414 e. The van der Waals surface area contributed by atoms with Gasteiger partial charge in [0, 0.05) is 17.3 Å². The third-order valence-corrected chi connectivity index (χ3v) is 3.87. The minimum Gasteiger partial charge on any atom is -0.447 e. The zero-order chi connectivity index (χ0) is 12.5. The molecule has 2 unspecified atom stereocenters. The molecule has 1 N–H and O–H groups in total. The number of carbonyl (C=O) groups is 1. The Morgan fingerprint density at radius 3 is 3.06 bits per heavy atom. The summed E-state index contributed by atoms with van der Waals surface area (Å²) in [6.45, 7) is 2.43. The summed E-state index contributed by atoms with van der Waals surface area (Å²) >= 11 is 5.99. The van der Waals surface area contributed by atoms with Gasteiger partial charge >= 0.3 is 6.09 Å². The van der Waals surface area contributed by atoms with Crippen LogP contribution in [0.5, 0.6) is 0 Å². The zero-order valence-corrected chi connectivity index (χ0v) is 10.7. The highest BCUT2D eigenvalue weighted by atomic mass is 35.5. The molecule has 2 aliphatic rings. The van der Waals surface area contributed by atoms with Crippen LogP contribution in [-0.4, -0.2) is 31.8 Å². The molecule has 2 saturated heterocycles. The molecule has 4 nitrogen and oxygen atoms in total. The number of anilines is 1. The van der Waals surface area contributed by atoms with Crippen LogP contribution in [0.3, 0.4) is 0 Å². The molecule has 96 valence electrons. The Hall–Kier alpha value is -1.26. The molecule has 5 heteroatoms. The predicted octanol–water partition coefficient (Wildman–Crippen LogP) is 2.27. The van der Waals surface area contributed by atoms with E-state index in [0.29, 0.717) is 17.5 Å². The minimum absolute atomic E-state index is 0.117. The van der Waals surface area contributed by atoms with E-state index in [0.717, 1.165) is 25.2 Å². The van der Waals surface area contributed by atoms with Crippen molar-refractivity contribution in [3.8, 4) is 0 Å². The lowest BCUT2D eigenvalue weighted by molar-refractivity contribution is 0.176. The minimum atomic E-state index is -0.269.